The predicted octanol–water partition coefficient (Wildman–Crippen LogP) is 4.68. The summed E-state index contributed by atoms with van der Waals surface area (Å²) in [5, 5.41) is 14.8. The molecule has 0 amide bonds. The van der Waals surface area contributed by atoms with Crippen LogP contribution in [0.4, 0.5) is 5.82 Å². The summed E-state index contributed by atoms with van der Waals surface area (Å²) in [6, 6.07) is 11.8. The predicted molar refractivity (Wildman–Crippen MR) is 145 cm³/mol. The molecule has 4 aromatic heterocycles. The Morgan fingerprint density at radius 3 is 2.62 bits per heavy atom. The van der Waals surface area contributed by atoms with E-state index in [9.17, 15) is 4.79 Å². The Morgan fingerprint density at radius 1 is 1.03 bits per heavy atom. The van der Waals surface area contributed by atoms with E-state index in [1.165, 1.54) is 0 Å². The van der Waals surface area contributed by atoms with Gasteiger partial charge in [-0.1, -0.05) is 0 Å². The first-order valence-electron chi connectivity index (χ1n) is 12.9. The third kappa shape index (κ3) is 4.34. The highest BCUT2D eigenvalue weighted by Crippen LogP contribution is 2.36. The molecule has 0 bridgehead atoms. The van der Waals surface area contributed by atoms with Crippen LogP contribution in [0.5, 0.6) is 5.75 Å². The zero-order chi connectivity index (χ0) is 25.5. The molecule has 1 aliphatic rings. The van der Waals surface area contributed by atoms with Crippen LogP contribution in [0.3, 0.4) is 0 Å². The van der Waals surface area contributed by atoms with Gasteiger partial charge in [-0.3, -0.25) is 14.2 Å². The summed E-state index contributed by atoms with van der Waals surface area (Å²) in [4.78, 5) is 16.5. The number of fused-ring (bicyclic) bond motifs is 2. The smallest absolute Gasteiger partial charge is 0.250 e. The van der Waals surface area contributed by atoms with Gasteiger partial charge in [0.25, 0.3) is 5.56 Å². The van der Waals surface area contributed by atoms with E-state index in [1.54, 1.807) is 22.4 Å². The molecule has 0 saturated heterocycles. The lowest BCUT2D eigenvalue weighted by molar-refractivity contribution is 0.131. The topological polar surface area (TPSA) is 91.8 Å². The zero-order valence-corrected chi connectivity index (χ0v) is 21.4. The summed E-state index contributed by atoms with van der Waals surface area (Å²) in [5.74, 6) is 1.71. The normalized spacial score (nSPS) is 17.9. The first kappa shape index (κ1) is 23.3. The molecule has 6 rings (SSSR count). The van der Waals surface area contributed by atoms with Gasteiger partial charge in [0.15, 0.2) is 0 Å². The Bertz CT molecular complexity index is 1640. The van der Waals surface area contributed by atoms with Crippen molar-refractivity contribution in [2.24, 2.45) is 14.1 Å². The summed E-state index contributed by atoms with van der Waals surface area (Å²) in [6.45, 7) is 2.89. The summed E-state index contributed by atoms with van der Waals surface area (Å²) in [5.41, 5.74) is 3.91. The van der Waals surface area contributed by atoms with E-state index in [0.29, 0.717) is 0 Å². The molecule has 37 heavy (non-hydrogen) atoms. The Morgan fingerprint density at radius 2 is 1.86 bits per heavy atom. The van der Waals surface area contributed by atoms with E-state index < -0.39 is 0 Å². The minimum absolute atomic E-state index is 0.00861. The second-order valence-corrected chi connectivity index (χ2v) is 9.81. The highest BCUT2D eigenvalue weighted by atomic mass is 16.5. The van der Waals surface area contributed by atoms with Crippen LogP contribution in [0.2, 0.25) is 0 Å². The fourth-order valence-corrected chi connectivity index (χ4v) is 5.38. The highest BCUT2D eigenvalue weighted by molar-refractivity contribution is 5.93. The van der Waals surface area contributed by atoms with Gasteiger partial charge in [-0.25, -0.2) is 4.98 Å². The number of ether oxygens (including phenoxy) is 1. The van der Waals surface area contributed by atoms with Gasteiger partial charge in [0.05, 0.1) is 29.4 Å². The van der Waals surface area contributed by atoms with Gasteiger partial charge in [-0.15, -0.1) is 0 Å². The highest BCUT2D eigenvalue weighted by Gasteiger charge is 2.27. The molecular weight excluding hydrogens is 466 g/mol. The average molecular weight is 498 g/mol. The molecule has 1 aliphatic carbocycles. The fraction of sp³-hybridized carbons (Fsp3) is 0.357. The van der Waals surface area contributed by atoms with Gasteiger partial charge in [-0.2, -0.15) is 10.2 Å². The van der Waals surface area contributed by atoms with Gasteiger partial charge >= 0.3 is 0 Å². The maximum Gasteiger partial charge on any atom is 0.250 e. The van der Waals surface area contributed by atoms with Crippen molar-refractivity contribution in [2.45, 2.75) is 44.8 Å². The monoisotopic (exact) mass is 497 g/mol. The summed E-state index contributed by atoms with van der Waals surface area (Å²) in [7, 11) is 3.71. The van der Waals surface area contributed by atoms with Gasteiger partial charge in [-0.05, 0) is 56.9 Å². The lowest BCUT2D eigenvalue weighted by Gasteiger charge is -2.29. The first-order valence-corrected chi connectivity index (χ1v) is 12.9. The lowest BCUT2D eigenvalue weighted by Crippen LogP contribution is -2.26. The van der Waals surface area contributed by atoms with Crippen molar-refractivity contribution in [3.8, 4) is 17.0 Å². The number of benzene rings is 1. The molecule has 1 N–H and O–H groups in total. The van der Waals surface area contributed by atoms with Gasteiger partial charge in [0, 0.05) is 61.5 Å². The standard InChI is InChI=1S/C28H31N7O2/c1-4-29-26-14-25-23(16-30-26)28(19-15-31-33(2)17-19)32-35(25)20-6-8-21(9-7-20)37-22-10-11-24-18(13-22)5-12-27(36)34(24)3/h5,10-17,20-21H,4,6-9H2,1-3H3,(H,29,30)/t20-,21+. The second-order valence-electron chi connectivity index (χ2n) is 9.81. The maximum atomic E-state index is 11.9. The summed E-state index contributed by atoms with van der Waals surface area (Å²) in [6.07, 6.45) is 9.79. The maximum absolute atomic E-state index is 11.9. The minimum atomic E-state index is -0.00861. The van der Waals surface area contributed by atoms with Crippen LogP contribution >= 0.6 is 0 Å². The zero-order valence-electron chi connectivity index (χ0n) is 21.4. The van der Waals surface area contributed by atoms with Crippen molar-refractivity contribution in [3.63, 3.8) is 0 Å². The van der Waals surface area contributed by atoms with Crippen LogP contribution < -0.4 is 15.6 Å². The SMILES string of the molecule is CCNc1cc2c(cn1)c(-c1cnn(C)c1)nn2[C@H]1CC[C@@H](Oc2ccc3c(ccc(=O)n3C)c2)CC1. The third-order valence-electron chi connectivity index (χ3n) is 7.32. The van der Waals surface area contributed by atoms with Crippen molar-refractivity contribution in [1.82, 2.24) is 29.1 Å². The van der Waals surface area contributed by atoms with Crippen LogP contribution in [-0.4, -0.2) is 41.8 Å². The molecule has 190 valence electrons. The fourth-order valence-electron chi connectivity index (χ4n) is 5.38. The Balaban J connectivity index is 1.23. The number of anilines is 1. The molecule has 0 spiro atoms. The molecule has 9 nitrogen and oxygen atoms in total. The molecule has 4 heterocycles. The van der Waals surface area contributed by atoms with Gasteiger partial charge < -0.3 is 14.6 Å². The first-order chi connectivity index (χ1) is 18.0. The third-order valence-corrected chi connectivity index (χ3v) is 7.32. The number of rotatable bonds is 6. The number of nitrogens with zero attached hydrogens (tertiary/aromatic N) is 6. The van der Waals surface area contributed by atoms with E-state index >= 15 is 0 Å². The van der Waals surface area contributed by atoms with Crippen molar-refractivity contribution in [3.05, 3.63) is 65.3 Å². The molecule has 0 radical (unpaired) electrons. The Hall–Kier alpha value is -4.14. The molecule has 0 aliphatic heterocycles. The molecule has 1 saturated carbocycles. The van der Waals surface area contributed by atoms with E-state index in [-0.39, 0.29) is 17.7 Å². The number of hydrogen-bond donors (Lipinski definition) is 1. The average Bonchev–Trinajstić information content (AvgIpc) is 3.50. The number of hydrogen-bond acceptors (Lipinski definition) is 6. The van der Waals surface area contributed by atoms with E-state index in [1.807, 2.05) is 49.9 Å². The van der Waals surface area contributed by atoms with Gasteiger partial charge in [0.1, 0.15) is 17.3 Å². The van der Waals surface area contributed by atoms with E-state index in [2.05, 4.69) is 33.1 Å². The van der Waals surface area contributed by atoms with Crippen LogP contribution in [0.1, 0.15) is 38.6 Å². The lowest BCUT2D eigenvalue weighted by atomic mass is 9.93. The van der Waals surface area contributed by atoms with Crippen molar-refractivity contribution in [1.29, 1.82) is 0 Å². The number of pyridine rings is 2. The Kier molecular flexibility index (Phi) is 5.90. The Labute approximate surface area is 214 Å². The van der Waals surface area contributed by atoms with Crippen LogP contribution in [0, 0.1) is 0 Å². The molecule has 5 aromatic rings. The van der Waals surface area contributed by atoms with E-state index in [0.717, 1.165) is 76.9 Å². The van der Waals surface area contributed by atoms with Gasteiger partial charge in [0.2, 0.25) is 0 Å². The number of aromatic nitrogens is 6. The van der Waals surface area contributed by atoms with Crippen LogP contribution in [0.15, 0.2) is 59.8 Å². The van der Waals surface area contributed by atoms with Crippen molar-refractivity contribution >= 4 is 27.6 Å². The molecule has 9 heteroatoms. The number of nitrogens with one attached hydrogen (secondary N) is 1. The molecular formula is C28H31N7O2. The molecule has 0 atom stereocenters. The molecule has 0 unspecified atom stereocenters. The quantitative estimate of drug-likeness (QED) is 0.366. The van der Waals surface area contributed by atoms with Crippen molar-refractivity contribution < 1.29 is 4.74 Å². The van der Waals surface area contributed by atoms with Crippen molar-refractivity contribution in [2.75, 3.05) is 11.9 Å². The largest absolute Gasteiger partial charge is 0.490 e. The minimum Gasteiger partial charge on any atom is -0.490 e. The molecule has 1 aromatic carbocycles. The summed E-state index contributed by atoms with van der Waals surface area (Å²) >= 11 is 0. The van der Waals surface area contributed by atoms with Crippen LogP contribution in [-0.2, 0) is 14.1 Å². The number of aryl methyl sites for hydroxylation is 2. The summed E-state index contributed by atoms with van der Waals surface area (Å²) < 4.78 is 12.0. The van der Waals surface area contributed by atoms with E-state index in [4.69, 9.17) is 9.84 Å². The van der Waals surface area contributed by atoms with Crippen LogP contribution in [0.25, 0.3) is 33.1 Å². The second kappa shape index (κ2) is 9.38. The molecule has 1 fully saturated rings.